The van der Waals surface area contributed by atoms with Crippen molar-refractivity contribution >= 4 is 39.1 Å². The second kappa shape index (κ2) is 9.09. The van der Waals surface area contributed by atoms with Gasteiger partial charge in [0.25, 0.3) is 5.91 Å². The largest absolute Gasteiger partial charge is 0.364 e. The lowest BCUT2D eigenvalue weighted by Crippen LogP contribution is -2.41. The Balaban J connectivity index is 1.64. The molecule has 4 N–H and O–H groups in total. The first kappa shape index (κ1) is 23.4. The van der Waals surface area contributed by atoms with Crippen LogP contribution in [0.2, 0.25) is 0 Å². The molecular formula is C20H24FN5O5S. The summed E-state index contributed by atoms with van der Waals surface area (Å²) in [7, 11) is -2.31. The Hall–Kier alpha value is -3.25. The molecule has 3 amide bonds. The summed E-state index contributed by atoms with van der Waals surface area (Å²) in [5, 5.41) is 5.03. The highest BCUT2D eigenvalue weighted by Crippen LogP contribution is 2.27. The molecular weight excluding hydrogens is 441 g/mol. The van der Waals surface area contributed by atoms with Gasteiger partial charge < -0.3 is 20.9 Å². The lowest BCUT2D eigenvalue weighted by Gasteiger charge is -2.30. The van der Waals surface area contributed by atoms with Crippen LogP contribution in [-0.4, -0.2) is 48.1 Å². The van der Waals surface area contributed by atoms with Crippen molar-refractivity contribution in [3.63, 3.8) is 0 Å². The Labute approximate surface area is 184 Å². The number of sulfonamides is 1. The van der Waals surface area contributed by atoms with Crippen molar-refractivity contribution in [3.8, 4) is 0 Å². The number of halogens is 1. The molecule has 1 aliphatic rings. The van der Waals surface area contributed by atoms with E-state index in [1.165, 1.54) is 47.2 Å². The SMILES string of the molecule is CC(=O)Nc1cc(NC(=O)C2CCN(S(=O)(=O)c3cc(C(N)=O)n(C)c3)CC2)ccc1F. The first-order valence-corrected chi connectivity index (χ1v) is 11.3. The number of rotatable bonds is 6. The number of primary amides is 1. The van der Waals surface area contributed by atoms with E-state index in [1.807, 2.05) is 0 Å². The van der Waals surface area contributed by atoms with Gasteiger partial charge in [-0.3, -0.25) is 14.4 Å². The third-order valence-corrected chi connectivity index (χ3v) is 7.10. The van der Waals surface area contributed by atoms with Gasteiger partial charge in [0.05, 0.1) is 5.69 Å². The normalized spacial score (nSPS) is 15.3. The van der Waals surface area contributed by atoms with Gasteiger partial charge in [-0.1, -0.05) is 0 Å². The van der Waals surface area contributed by atoms with Crippen molar-refractivity contribution in [1.29, 1.82) is 0 Å². The fourth-order valence-corrected chi connectivity index (χ4v) is 5.10. The van der Waals surface area contributed by atoms with Crippen LogP contribution in [0.15, 0.2) is 35.4 Å². The number of aryl methyl sites for hydroxylation is 1. The van der Waals surface area contributed by atoms with E-state index in [0.29, 0.717) is 18.5 Å². The van der Waals surface area contributed by atoms with Crippen molar-refractivity contribution in [3.05, 3.63) is 42.0 Å². The highest BCUT2D eigenvalue weighted by molar-refractivity contribution is 7.89. The van der Waals surface area contributed by atoms with Crippen LogP contribution in [0.5, 0.6) is 0 Å². The number of carbonyl (C=O) groups excluding carboxylic acids is 3. The number of hydrogen-bond acceptors (Lipinski definition) is 5. The van der Waals surface area contributed by atoms with Gasteiger partial charge in [0.2, 0.25) is 21.8 Å². The molecule has 0 aliphatic carbocycles. The minimum Gasteiger partial charge on any atom is -0.364 e. The molecule has 0 saturated carbocycles. The quantitative estimate of drug-likeness (QED) is 0.588. The number of piperidine rings is 1. The third-order valence-electron chi connectivity index (χ3n) is 5.24. The predicted molar refractivity (Wildman–Crippen MR) is 115 cm³/mol. The van der Waals surface area contributed by atoms with Crippen LogP contribution in [0.4, 0.5) is 15.8 Å². The van der Waals surface area contributed by atoms with E-state index in [0.717, 1.165) is 6.07 Å². The summed E-state index contributed by atoms with van der Waals surface area (Å²) >= 11 is 0. The standard InChI is InChI=1S/C20H24FN5O5S/c1-12(27)23-17-9-14(3-4-16(17)21)24-20(29)13-5-7-26(8-6-13)32(30,31)15-10-18(19(22)28)25(2)11-15/h3-4,9-11,13H,5-8H2,1-2H3,(H2,22,28)(H,23,27)(H,24,29). The third kappa shape index (κ3) is 4.97. The van der Waals surface area contributed by atoms with Crippen molar-refractivity contribution in [2.24, 2.45) is 18.7 Å². The van der Waals surface area contributed by atoms with E-state index >= 15 is 0 Å². The molecule has 0 atom stereocenters. The fourth-order valence-electron chi connectivity index (χ4n) is 3.56. The van der Waals surface area contributed by atoms with Crippen LogP contribution >= 0.6 is 0 Å². The summed E-state index contributed by atoms with van der Waals surface area (Å²) in [5.74, 6) is -2.56. The van der Waals surface area contributed by atoms with Crippen molar-refractivity contribution in [1.82, 2.24) is 8.87 Å². The molecule has 2 heterocycles. The van der Waals surface area contributed by atoms with Gasteiger partial charge in [0.15, 0.2) is 0 Å². The highest BCUT2D eigenvalue weighted by atomic mass is 32.2. The van der Waals surface area contributed by atoms with E-state index in [2.05, 4.69) is 10.6 Å². The summed E-state index contributed by atoms with van der Waals surface area (Å²) in [6.07, 6.45) is 1.91. The van der Waals surface area contributed by atoms with Crippen LogP contribution in [0.3, 0.4) is 0 Å². The van der Waals surface area contributed by atoms with E-state index < -0.39 is 33.6 Å². The number of carbonyl (C=O) groups is 3. The summed E-state index contributed by atoms with van der Waals surface area (Å²) < 4.78 is 42.2. The summed E-state index contributed by atoms with van der Waals surface area (Å²) in [6, 6.07) is 5.07. The maximum absolute atomic E-state index is 13.8. The van der Waals surface area contributed by atoms with E-state index in [1.54, 1.807) is 0 Å². The fraction of sp³-hybridized carbons (Fsp3) is 0.350. The molecule has 1 fully saturated rings. The van der Waals surface area contributed by atoms with E-state index in [-0.39, 0.29) is 35.3 Å². The van der Waals surface area contributed by atoms with Gasteiger partial charge >= 0.3 is 0 Å². The molecule has 1 aliphatic heterocycles. The van der Waals surface area contributed by atoms with Gasteiger partial charge in [-0.05, 0) is 37.1 Å². The average Bonchev–Trinajstić information content (AvgIpc) is 3.13. The number of nitrogens with zero attached hydrogens (tertiary/aromatic N) is 2. The number of amides is 3. The van der Waals surface area contributed by atoms with E-state index in [9.17, 15) is 27.2 Å². The summed E-state index contributed by atoms with van der Waals surface area (Å²) in [5.41, 5.74) is 5.60. The van der Waals surface area contributed by atoms with Gasteiger partial charge in [-0.2, -0.15) is 4.31 Å². The second-order valence-corrected chi connectivity index (χ2v) is 9.52. The van der Waals surface area contributed by atoms with Crippen molar-refractivity contribution < 1.29 is 27.2 Å². The van der Waals surface area contributed by atoms with Gasteiger partial charge in [-0.25, -0.2) is 12.8 Å². The molecule has 10 nitrogen and oxygen atoms in total. The number of anilines is 2. The first-order chi connectivity index (χ1) is 15.0. The first-order valence-electron chi connectivity index (χ1n) is 9.83. The number of aromatic nitrogens is 1. The lowest BCUT2D eigenvalue weighted by molar-refractivity contribution is -0.121. The molecule has 2 aromatic rings. The summed E-state index contributed by atoms with van der Waals surface area (Å²) in [4.78, 5) is 35.2. The zero-order valence-electron chi connectivity index (χ0n) is 17.6. The minimum atomic E-state index is -3.84. The Kier molecular flexibility index (Phi) is 6.65. The van der Waals surface area contributed by atoms with Crippen LogP contribution in [0, 0.1) is 11.7 Å². The van der Waals surface area contributed by atoms with Gasteiger partial charge in [0.1, 0.15) is 16.4 Å². The van der Waals surface area contributed by atoms with Crippen LogP contribution in [-0.2, 0) is 26.7 Å². The molecule has 0 unspecified atom stereocenters. The topological polar surface area (TPSA) is 144 Å². The number of nitrogens with two attached hydrogens (primary N) is 1. The Morgan fingerprint density at radius 1 is 1.12 bits per heavy atom. The lowest BCUT2D eigenvalue weighted by atomic mass is 9.97. The number of nitrogens with one attached hydrogen (secondary N) is 2. The minimum absolute atomic E-state index is 0.0338. The van der Waals surface area contributed by atoms with E-state index in [4.69, 9.17) is 5.73 Å². The number of hydrogen-bond donors (Lipinski definition) is 3. The monoisotopic (exact) mass is 465 g/mol. The zero-order chi connectivity index (χ0) is 23.6. The summed E-state index contributed by atoms with van der Waals surface area (Å²) in [6.45, 7) is 1.50. The average molecular weight is 466 g/mol. The smallest absolute Gasteiger partial charge is 0.265 e. The van der Waals surface area contributed by atoms with Gasteiger partial charge in [-0.15, -0.1) is 0 Å². The predicted octanol–water partition coefficient (Wildman–Crippen LogP) is 1.26. The van der Waals surface area contributed by atoms with Gasteiger partial charge in [0, 0.05) is 44.9 Å². The maximum Gasteiger partial charge on any atom is 0.265 e. The molecule has 3 rings (SSSR count). The molecule has 1 aromatic carbocycles. The molecule has 32 heavy (non-hydrogen) atoms. The molecule has 12 heteroatoms. The molecule has 1 saturated heterocycles. The Morgan fingerprint density at radius 2 is 1.78 bits per heavy atom. The Morgan fingerprint density at radius 3 is 2.34 bits per heavy atom. The van der Waals surface area contributed by atoms with Crippen molar-refractivity contribution in [2.75, 3.05) is 23.7 Å². The van der Waals surface area contributed by atoms with Crippen LogP contribution < -0.4 is 16.4 Å². The van der Waals surface area contributed by atoms with Crippen LogP contribution in [0.1, 0.15) is 30.3 Å². The maximum atomic E-state index is 13.8. The Bertz CT molecular complexity index is 1170. The van der Waals surface area contributed by atoms with Crippen LogP contribution in [0.25, 0.3) is 0 Å². The highest BCUT2D eigenvalue weighted by Gasteiger charge is 2.33. The second-order valence-electron chi connectivity index (χ2n) is 7.58. The molecule has 0 bridgehead atoms. The number of benzene rings is 1. The molecule has 1 aromatic heterocycles. The zero-order valence-corrected chi connectivity index (χ0v) is 18.4. The molecule has 0 radical (unpaired) electrons. The molecule has 0 spiro atoms. The van der Waals surface area contributed by atoms with Crippen molar-refractivity contribution in [2.45, 2.75) is 24.7 Å². The molecule has 172 valence electrons.